The monoisotopic (exact) mass is 340 g/mol. The molecule has 8 heteroatoms. The third-order valence-electron chi connectivity index (χ3n) is 3.99. The average Bonchev–Trinajstić information content (AvgIpc) is 2.86. The van der Waals surface area contributed by atoms with E-state index in [4.69, 9.17) is 0 Å². The second kappa shape index (κ2) is 7.25. The van der Waals surface area contributed by atoms with Crippen molar-refractivity contribution in [3.05, 3.63) is 17.6 Å². The number of nitrogens with zero attached hydrogens (tertiary/aromatic N) is 3. The van der Waals surface area contributed by atoms with Gasteiger partial charge >= 0.3 is 0 Å². The van der Waals surface area contributed by atoms with E-state index >= 15 is 0 Å². The molecule has 0 aliphatic carbocycles. The van der Waals surface area contributed by atoms with E-state index in [-0.39, 0.29) is 23.5 Å². The summed E-state index contributed by atoms with van der Waals surface area (Å²) in [6.07, 6.45) is 2.51. The number of nitrogens with one attached hydrogen (secondary N) is 1. The molecular weight excluding hydrogens is 316 g/mol. The second-order valence-electron chi connectivity index (χ2n) is 5.94. The summed E-state index contributed by atoms with van der Waals surface area (Å²) in [5.74, 6) is 1.19. The Morgan fingerprint density at radius 2 is 2.17 bits per heavy atom. The molecule has 1 saturated heterocycles. The van der Waals surface area contributed by atoms with Crippen molar-refractivity contribution in [3.63, 3.8) is 0 Å². The second-order valence-corrected chi connectivity index (χ2v) is 8.16. The van der Waals surface area contributed by atoms with E-state index in [1.165, 1.54) is 0 Å². The molecule has 1 fully saturated rings. The zero-order valence-electron chi connectivity index (χ0n) is 13.9. The molecule has 0 bridgehead atoms. The number of hydrogen-bond donors (Lipinski definition) is 1. The van der Waals surface area contributed by atoms with Crippen LogP contribution in [-0.2, 0) is 9.84 Å². The van der Waals surface area contributed by atoms with Crippen molar-refractivity contribution in [3.8, 4) is 0 Å². The molecule has 23 heavy (non-hydrogen) atoms. The molecule has 1 atom stereocenters. The van der Waals surface area contributed by atoms with E-state index in [0.717, 1.165) is 12.8 Å². The molecule has 0 radical (unpaired) electrons. The maximum absolute atomic E-state index is 12.2. The van der Waals surface area contributed by atoms with E-state index in [1.807, 2.05) is 11.9 Å². The SMILES string of the molecule is CCCCNC(=O)c1cc(N(C)C2CCS(=O)(=O)C2)nc(C)n1. The lowest BCUT2D eigenvalue weighted by atomic mass is 10.2. The number of hydrogen-bond acceptors (Lipinski definition) is 6. The largest absolute Gasteiger partial charge is 0.356 e. The molecule has 7 nitrogen and oxygen atoms in total. The van der Waals surface area contributed by atoms with Crippen molar-refractivity contribution >= 4 is 21.6 Å². The molecular formula is C15H24N4O3S. The third kappa shape index (κ3) is 4.63. The van der Waals surface area contributed by atoms with Crippen molar-refractivity contribution in [1.29, 1.82) is 0 Å². The van der Waals surface area contributed by atoms with Gasteiger partial charge in [0.25, 0.3) is 5.91 Å². The van der Waals surface area contributed by atoms with Crippen molar-refractivity contribution in [2.24, 2.45) is 0 Å². The van der Waals surface area contributed by atoms with Gasteiger partial charge in [-0.1, -0.05) is 13.3 Å². The van der Waals surface area contributed by atoms with Gasteiger partial charge in [-0.25, -0.2) is 18.4 Å². The maximum atomic E-state index is 12.2. The highest BCUT2D eigenvalue weighted by atomic mass is 32.2. The quantitative estimate of drug-likeness (QED) is 0.775. The summed E-state index contributed by atoms with van der Waals surface area (Å²) in [5, 5.41) is 2.83. The summed E-state index contributed by atoms with van der Waals surface area (Å²) in [4.78, 5) is 22.5. The highest BCUT2D eigenvalue weighted by Gasteiger charge is 2.31. The lowest BCUT2D eigenvalue weighted by Crippen LogP contribution is -2.34. The summed E-state index contributed by atoms with van der Waals surface area (Å²) in [7, 11) is -1.15. The van der Waals surface area contributed by atoms with Crippen LogP contribution in [-0.4, -0.2) is 55.4 Å². The Morgan fingerprint density at radius 3 is 2.78 bits per heavy atom. The molecule has 1 amide bonds. The van der Waals surface area contributed by atoms with E-state index < -0.39 is 9.84 Å². The van der Waals surface area contributed by atoms with Gasteiger partial charge in [-0.2, -0.15) is 0 Å². The Labute approximate surface area is 137 Å². The summed E-state index contributed by atoms with van der Waals surface area (Å²) in [6.45, 7) is 4.40. The van der Waals surface area contributed by atoms with Crippen LogP contribution in [0.1, 0.15) is 42.5 Å². The first-order valence-corrected chi connectivity index (χ1v) is 9.71. The Bertz CT molecular complexity index is 675. The van der Waals surface area contributed by atoms with Crippen LogP contribution in [0.5, 0.6) is 0 Å². The highest BCUT2D eigenvalue weighted by molar-refractivity contribution is 7.91. The van der Waals surface area contributed by atoms with Gasteiger partial charge in [0, 0.05) is 25.7 Å². The molecule has 128 valence electrons. The minimum atomic E-state index is -2.96. The zero-order chi connectivity index (χ0) is 17.0. The highest BCUT2D eigenvalue weighted by Crippen LogP contribution is 2.22. The van der Waals surface area contributed by atoms with Crippen molar-refractivity contribution in [2.45, 2.75) is 39.2 Å². The number of anilines is 1. The van der Waals surface area contributed by atoms with E-state index in [0.29, 0.717) is 30.3 Å². The minimum absolute atomic E-state index is 0.106. The van der Waals surface area contributed by atoms with Gasteiger partial charge in [0.05, 0.1) is 11.5 Å². The summed E-state index contributed by atoms with van der Waals surface area (Å²) in [5.41, 5.74) is 0.316. The normalized spacial score (nSPS) is 19.5. The Balaban J connectivity index is 2.15. The molecule has 2 heterocycles. The van der Waals surface area contributed by atoms with Crippen LogP contribution in [0.2, 0.25) is 0 Å². The number of sulfone groups is 1. The van der Waals surface area contributed by atoms with Gasteiger partial charge in [0.15, 0.2) is 9.84 Å². The van der Waals surface area contributed by atoms with Crippen LogP contribution in [0.25, 0.3) is 0 Å². The number of carbonyl (C=O) groups is 1. The fourth-order valence-electron chi connectivity index (χ4n) is 2.59. The molecule has 1 aliphatic heterocycles. The fourth-order valence-corrected chi connectivity index (χ4v) is 4.36. The molecule has 2 rings (SSSR count). The third-order valence-corrected chi connectivity index (χ3v) is 5.74. The predicted molar refractivity (Wildman–Crippen MR) is 89.5 cm³/mol. The summed E-state index contributed by atoms with van der Waals surface area (Å²) < 4.78 is 23.3. The number of amides is 1. The lowest BCUT2D eigenvalue weighted by molar-refractivity contribution is 0.0947. The molecule has 0 aromatic carbocycles. The topological polar surface area (TPSA) is 92.3 Å². The Hall–Kier alpha value is -1.70. The Kier molecular flexibility index (Phi) is 5.56. The van der Waals surface area contributed by atoms with Crippen LogP contribution in [0, 0.1) is 6.92 Å². The predicted octanol–water partition coefficient (Wildman–Crippen LogP) is 0.938. The number of carbonyl (C=O) groups excluding carboxylic acids is 1. The van der Waals surface area contributed by atoms with Gasteiger partial charge in [-0.3, -0.25) is 4.79 Å². The zero-order valence-corrected chi connectivity index (χ0v) is 14.7. The van der Waals surface area contributed by atoms with Crippen molar-refractivity contribution < 1.29 is 13.2 Å². The maximum Gasteiger partial charge on any atom is 0.270 e. The van der Waals surface area contributed by atoms with Gasteiger partial charge in [0.1, 0.15) is 17.3 Å². The molecule has 1 aromatic heterocycles. The van der Waals surface area contributed by atoms with Crippen molar-refractivity contribution in [2.75, 3.05) is 30.0 Å². The van der Waals surface area contributed by atoms with Crippen LogP contribution in [0.15, 0.2) is 6.07 Å². The number of aromatic nitrogens is 2. The Morgan fingerprint density at radius 1 is 1.43 bits per heavy atom. The molecule has 1 unspecified atom stereocenters. The van der Waals surface area contributed by atoms with E-state index in [1.54, 1.807) is 13.0 Å². The molecule has 0 spiro atoms. The van der Waals surface area contributed by atoms with Gasteiger partial charge in [-0.05, 0) is 19.8 Å². The number of aryl methyl sites for hydroxylation is 1. The number of unbranched alkanes of at least 4 members (excludes halogenated alkanes) is 1. The molecule has 0 saturated carbocycles. The first kappa shape index (κ1) is 17.7. The van der Waals surface area contributed by atoms with Crippen LogP contribution in [0.4, 0.5) is 5.82 Å². The smallest absolute Gasteiger partial charge is 0.270 e. The molecule has 1 aliphatic rings. The van der Waals surface area contributed by atoms with E-state index in [2.05, 4.69) is 22.2 Å². The van der Waals surface area contributed by atoms with Crippen LogP contribution >= 0.6 is 0 Å². The van der Waals surface area contributed by atoms with Gasteiger partial charge < -0.3 is 10.2 Å². The van der Waals surface area contributed by atoms with Gasteiger partial charge in [0.2, 0.25) is 0 Å². The standard InChI is InChI=1S/C15H24N4O3S/c1-4-5-7-16-15(20)13-9-14(18-11(2)17-13)19(3)12-6-8-23(21,22)10-12/h9,12H,4-8,10H2,1-3H3,(H,16,20). The summed E-state index contributed by atoms with van der Waals surface area (Å²) >= 11 is 0. The molecule has 1 aromatic rings. The number of rotatable bonds is 6. The van der Waals surface area contributed by atoms with Crippen LogP contribution in [0.3, 0.4) is 0 Å². The lowest BCUT2D eigenvalue weighted by Gasteiger charge is -2.24. The fraction of sp³-hybridized carbons (Fsp3) is 0.667. The minimum Gasteiger partial charge on any atom is -0.356 e. The molecule has 1 N–H and O–H groups in total. The first-order valence-electron chi connectivity index (χ1n) is 7.89. The summed E-state index contributed by atoms with van der Waals surface area (Å²) in [6, 6.07) is 1.52. The first-order chi connectivity index (χ1) is 10.8. The van der Waals surface area contributed by atoms with Gasteiger partial charge in [-0.15, -0.1) is 0 Å². The van der Waals surface area contributed by atoms with Crippen LogP contribution < -0.4 is 10.2 Å². The van der Waals surface area contributed by atoms with Crippen molar-refractivity contribution in [1.82, 2.24) is 15.3 Å². The average molecular weight is 340 g/mol. The van der Waals surface area contributed by atoms with E-state index in [9.17, 15) is 13.2 Å².